The van der Waals surface area contributed by atoms with Crippen LogP contribution in [0.1, 0.15) is 122 Å². The first kappa shape index (κ1) is 51.8. The first-order valence-electron chi connectivity index (χ1n) is 27.3. The van der Waals surface area contributed by atoms with Crippen LogP contribution in [0.2, 0.25) is 0 Å². The summed E-state index contributed by atoms with van der Waals surface area (Å²) in [6, 6.07) is 48.3. The van der Waals surface area contributed by atoms with Crippen molar-refractivity contribution in [2.45, 2.75) is 142 Å². The van der Waals surface area contributed by atoms with Crippen molar-refractivity contribution in [2.75, 3.05) is 36.2 Å². The van der Waals surface area contributed by atoms with Crippen LogP contribution in [0.4, 0.5) is 34.1 Å². The Morgan fingerprint density at radius 2 is 0.662 bits per heavy atom. The van der Waals surface area contributed by atoms with Crippen LogP contribution in [-0.2, 0) is 64.3 Å². The van der Waals surface area contributed by atoms with Crippen LogP contribution in [0.3, 0.4) is 0 Å². The van der Waals surface area contributed by atoms with E-state index in [2.05, 4.69) is 169 Å². The Hall–Kier alpha value is -5.66. The molecule has 6 aromatic rings. The topological polar surface area (TPSA) is 80.3 Å². The molecule has 0 aliphatic carbocycles. The van der Waals surface area contributed by atoms with Gasteiger partial charge >= 0.3 is 0 Å². The van der Waals surface area contributed by atoms with E-state index in [9.17, 15) is 0 Å². The van der Waals surface area contributed by atoms with Gasteiger partial charge in [-0.25, -0.2) is 0 Å². The highest BCUT2D eigenvalue weighted by Gasteiger charge is 2.21. The Morgan fingerprint density at radius 3 is 0.959 bits per heavy atom. The van der Waals surface area contributed by atoms with E-state index in [-0.39, 0.29) is 25.2 Å². The van der Waals surface area contributed by atoms with Crippen LogP contribution in [0.15, 0.2) is 133 Å². The average Bonchev–Trinajstić information content (AvgIpc) is 3.46. The van der Waals surface area contributed by atoms with Crippen molar-refractivity contribution in [2.24, 2.45) is 0 Å². The fourth-order valence-corrected chi connectivity index (χ4v) is 10.1. The molecule has 388 valence electrons. The van der Waals surface area contributed by atoms with Crippen molar-refractivity contribution in [3.05, 3.63) is 178 Å². The van der Waals surface area contributed by atoms with Crippen molar-refractivity contribution in [3.63, 3.8) is 0 Å². The van der Waals surface area contributed by atoms with Crippen molar-refractivity contribution in [1.82, 2.24) is 0 Å². The van der Waals surface area contributed by atoms with Crippen LogP contribution < -0.4 is 9.80 Å². The van der Waals surface area contributed by atoms with Crippen LogP contribution in [0, 0.1) is 13.8 Å². The van der Waals surface area contributed by atoms with E-state index < -0.39 is 0 Å². The van der Waals surface area contributed by atoms with Crippen LogP contribution in [0.5, 0.6) is 0 Å². The smallest absolute Gasteiger partial charge is 0.158 e. The molecule has 4 heterocycles. The highest BCUT2D eigenvalue weighted by atomic mass is 16.7. The molecule has 0 bridgehead atoms. The highest BCUT2D eigenvalue weighted by molar-refractivity contribution is 5.80. The molecule has 0 spiro atoms. The third-order valence-corrected chi connectivity index (χ3v) is 14.6. The standard InChI is InChI=1S/C64H74N2O8/c1-47-41-59(35-25-53(47)45-73-63-13-5-9-39-69-63)65(57-31-21-51(22-32-57)43-71-61-11-3-7-37-67-61)55-27-17-49(18-28-55)15-16-50-19-29-56(30-20-50)66(58-33-23-52(24-34-58)44-72-62-12-4-8-38-68-62)60-36-26-54(48(2)42-60)46-74-64-14-6-10-40-70-64/h15-36,41-42,61-64H,3-14,37-40,43-46H2,1-2H3. The largest absolute Gasteiger partial charge is 0.353 e. The minimum absolute atomic E-state index is 0.124. The molecule has 0 amide bonds. The number of ether oxygens (including phenoxy) is 8. The fourth-order valence-electron chi connectivity index (χ4n) is 10.1. The summed E-state index contributed by atoms with van der Waals surface area (Å²) in [5.74, 6) is 0. The normalized spacial score (nSPS) is 20.4. The van der Waals surface area contributed by atoms with E-state index in [1.807, 2.05) is 0 Å². The monoisotopic (exact) mass is 999 g/mol. The third kappa shape index (κ3) is 14.2. The van der Waals surface area contributed by atoms with Gasteiger partial charge in [-0.2, -0.15) is 0 Å². The summed E-state index contributed by atoms with van der Waals surface area (Å²) >= 11 is 0. The van der Waals surface area contributed by atoms with Gasteiger partial charge in [-0.05, 0) is 208 Å². The number of hydrogen-bond donors (Lipinski definition) is 0. The molecule has 4 saturated heterocycles. The lowest BCUT2D eigenvalue weighted by Crippen LogP contribution is -2.22. The van der Waals surface area contributed by atoms with E-state index in [0.717, 1.165) is 171 Å². The molecule has 4 fully saturated rings. The summed E-state index contributed by atoms with van der Waals surface area (Å²) in [4.78, 5) is 4.63. The van der Waals surface area contributed by atoms with E-state index in [0.29, 0.717) is 26.4 Å². The molecule has 0 aromatic heterocycles. The predicted octanol–water partition coefficient (Wildman–Crippen LogP) is 15.6. The molecule has 74 heavy (non-hydrogen) atoms. The Morgan fingerprint density at radius 1 is 0.365 bits per heavy atom. The Bertz CT molecular complexity index is 2500. The minimum Gasteiger partial charge on any atom is -0.353 e. The molecule has 0 radical (unpaired) electrons. The Labute approximate surface area is 439 Å². The van der Waals surface area contributed by atoms with Gasteiger partial charge in [0.05, 0.1) is 26.4 Å². The summed E-state index contributed by atoms with van der Waals surface area (Å²) in [5.41, 5.74) is 15.6. The van der Waals surface area contributed by atoms with Gasteiger partial charge in [-0.3, -0.25) is 0 Å². The van der Waals surface area contributed by atoms with E-state index >= 15 is 0 Å². The first-order valence-corrected chi connectivity index (χ1v) is 27.3. The maximum Gasteiger partial charge on any atom is 0.158 e. The van der Waals surface area contributed by atoms with Crippen LogP contribution in [-0.4, -0.2) is 51.6 Å². The summed E-state index contributed by atoms with van der Waals surface area (Å²) in [5, 5.41) is 0. The number of rotatable bonds is 20. The molecule has 4 atom stereocenters. The zero-order valence-electron chi connectivity index (χ0n) is 43.5. The van der Waals surface area contributed by atoms with Gasteiger partial charge in [-0.15, -0.1) is 0 Å². The average molecular weight is 999 g/mol. The lowest BCUT2D eigenvalue weighted by atomic mass is 10.1. The van der Waals surface area contributed by atoms with E-state index in [4.69, 9.17) is 37.9 Å². The maximum atomic E-state index is 6.20. The molecule has 6 aromatic carbocycles. The van der Waals surface area contributed by atoms with Crippen molar-refractivity contribution in [1.29, 1.82) is 0 Å². The molecule has 4 unspecified atom stereocenters. The third-order valence-electron chi connectivity index (χ3n) is 14.6. The predicted molar refractivity (Wildman–Crippen MR) is 294 cm³/mol. The lowest BCUT2D eigenvalue weighted by Gasteiger charge is -2.27. The summed E-state index contributed by atoms with van der Waals surface area (Å²) in [6.45, 7) is 9.51. The zero-order valence-corrected chi connectivity index (χ0v) is 43.5. The molecule has 4 aliphatic heterocycles. The number of benzene rings is 6. The molecule has 10 rings (SSSR count). The van der Waals surface area contributed by atoms with Crippen molar-refractivity contribution in [3.8, 4) is 0 Å². The van der Waals surface area contributed by atoms with Gasteiger partial charge in [0.25, 0.3) is 0 Å². The minimum atomic E-state index is -0.127. The summed E-state index contributed by atoms with van der Waals surface area (Å²) < 4.78 is 48.0. The second kappa shape index (κ2) is 26.2. The molecular formula is C64H74N2O8. The highest BCUT2D eigenvalue weighted by Crippen LogP contribution is 2.38. The van der Waals surface area contributed by atoms with E-state index in [1.165, 1.54) is 11.1 Å². The van der Waals surface area contributed by atoms with Crippen molar-refractivity contribution >= 4 is 46.3 Å². The molecule has 10 heteroatoms. The second-order valence-electron chi connectivity index (χ2n) is 20.2. The summed E-state index contributed by atoms with van der Waals surface area (Å²) in [6.07, 6.45) is 16.7. The first-order chi connectivity index (χ1) is 36.5. The van der Waals surface area contributed by atoms with Crippen molar-refractivity contribution < 1.29 is 37.9 Å². The van der Waals surface area contributed by atoms with E-state index in [1.54, 1.807) is 0 Å². The molecule has 0 N–H and O–H groups in total. The lowest BCUT2D eigenvalue weighted by molar-refractivity contribution is -0.169. The number of anilines is 6. The van der Waals surface area contributed by atoms with Gasteiger partial charge in [0, 0.05) is 60.6 Å². The maximum absolute atomic E-state index is 6.20. The zero-order chi connectivity index (χ0) is 50.3. The Kier molecular flexibility index (Phi) is 18.3. The van der Waals surface area contributed by atoms with Gasteiger partial charge in [0.1, 0.15) is 0 Å². The van der Waals surface area contributed by atoms with Gasteiger partial charge in [0.15, 0.2) is 25.2 Å². The SMILES string of the molecule is Cc1cc(N(c2ccc(C=Cc3ccc(N(c4ccc(COC5CCCCO5)cc4)c4ccc(COC5CCCCO5)c(C)c4)cc3)cc2)c2ccc(COC3CCCCO3)cc2)ccc1COC1CCCCO1. The van der Waals surface area contributed by atoms with Gasteiger partial charge in [-0.1, -0.05) is 72.8 Å². The molecule has 0 saturated carbocycles. The van der Waals surface area contributed by atoms with Crippen LogP contribution in [0.25, 0.3) is 12.2 Å². The summed E-state index contributed by atoms with van der Waals surface area (Å²) in [7, 11) is 0. The molecule has 4 aliphatic rings. The molecular weight excluding hydrogens is 925 g/mol. The number of hydrogen-bond acceptors (Lipinski definition) is 10. The second-order valence-corrected chi connectivity index (χ2v) is 20.2. The van der Waals surface area contributed by atoms with Gasteiger partial charge in [0.2, 0.25) is 0 Å². The quantitative estimate of drug-likeness (QED) is 0.0690. The van der Waals surface area contributed by atoms with Gasteiger partial charge < -0.3 is 47.7 Å². The number of nitrogens with zero attached hydrogens (tertiary/aromatic N) is 2. The Balaban J connectivity index is 0.854. The molecule has 10 nitrogen and oxygen atoms in total. The fraction of sp³-hybridized carbons (Fsp3) is 0.406. The number of aryl methyl sites for hydroxylation is 2. The van der Waals surface area contributed by atoms with Crippen LogP contribution >= 0.6 is 0 Å².